The Kier molecular flexibility index (Phi) is 6.89. The summed E-state index contributed by atoms with van der Waals surface area (Å²) >= 11 is 0. The van der Waals surface area contributed by atoms with Gasteiger partial charge in [-0.05, 0) is 43.5 Å². The number of piperidine rings is 1. The molecule has 0 atom stereocenters. The van der Waals surface area contributed by atoms with E-state index < -0.39 is 0 Å². The standard InChI is InChI=1S/C24H28N4O4/c1-30-20-14-18(15-21(16-20)31-2)25-22(29)10-11-23-26-24(27-32-23)17-6-8-19(9-7-17)28-12-4-3-5-13-28/h6-9,14-16H,3-5,10-13H2,1-2H3,(H,25,29). The Hall–Kier alpha value is -3.55. The number of carbonyl (C=O) groups excluding carboxylic acids is 1. The van der Waals surface area contributed by atoms with Crippen molar-refractivity contribution >= 4 is 17.3 Å². The molecule has 8 heteroatoms. The number of aryl methyl sites for hydroxylation is 1. The molecule has 0 unspecified atom stereocenters. The Morgan fingerprint density at radius 1 is 1.03 bits per heavy atom. The lowest BCUT2D eigenvalue weighted by Gasteiger charge is -2.28. The number of carbonyl (C=O) groups is 1. The Morgan fingerprint density at radius 3 is 2.38 bits per heavy atom. The monoisotopic (exact) mass is 436 g/mol. The number of hydrogen-bond acceptors (Lipinski definition) is 7. The van der Waals surface area contributed by atoms with Crippen molar-refractivity contribution in [1.29, 1.82) is 0 Å². The van der Waals surface area contributed by atoms with Gasteiger partial charge in [-0.3, -0.25) is 4.79 Å². The maximum atomic E-state index is 12.4. The summed E-state index contributed by atoms with van der Waals surface area (Å²) in [5.74, 6) is 2.01. The van der Waals surface area contributed by atoms with Crippen LogP contribution in [0, 0.1) is 0 Å². The molecular weight excluding hydrogens is 408 g/mol. The zero-order chi connectivity index (χ0) is 22.3. The molecule has 1 fully saturated rings. The zero-order valence-corrected chi connectivity index (χ0v) is 18.5. The first-order chi connectivity index (χ1) is 15.6. The van der Waals surface area contributed by atoms with Crippen molar-refractivity contribution < 1.29 is 18.8 Å². The Balaban J connectivity index is 1.33. The minimum absolute atomic E-state index is 0.161. The van der Waals surface area contributed by atoms with Gasteiger partial charge in [-0.2, -0.15) is 4.98 Å². The van der Waals surface area contributed by atoms with Crippen LogP contribution in [0.2, 0.25) is 0 Å². The summed E-state index contributed by atoms with van der Waals surface area (Å²) in [7, 11) is 3.13. The van der Waals surface area contributed by atoms with E-state index in [-0.39, 0.29) is 12.3 Å². The summed E-state index contributed by atoms with van der Waals surface area (Å²) in [5.41, 5.74) is 2.72. The first kappa shape index (κ1) is 21.7. The van der Waals surface area contributed by atoms with Crippen molar-refractivity contribution in [2.45, 2.75) is 32.1 Å². The second-order valence-electron chi connectivity index (χ2n) is 7.76. The van der Waals surface area contributed by atoms with Gasteiger partial charge >= 0.3 is 0 Å². The van der Waals surface area contributed by atoms with Crippen LogP contribution in [0.5, 0.6) is 11.5 Å². The Morgan fingerprint density at radius 2 is 1.72 bits per heavy atom. The SMILES string of the molecule is COc1cc(NC(=O)CCc2nc(-c3ccc(N4CCCCC4)cc3)no2)cc(OC)c1. The molecule has 4 rings (SSSR count). The molecule has 0 saturated carbocycles. The minimum atomic E-state index is -0.161. The molecule has 2 aromatic carbocycles. The second-order valence-corrected chi connectivity index (χ2v) is 7.76. The van der Waals surface area contributed by atoms with Gasteiger partial charge in [0.05, 0.1) is 14.2 Å². The molecule has 8 nitrogen and oxygen atoms in total. The van der Waals surface area contributed by atoms with Crippen LogP contribution in [0.25, 0.3) is 11.4 Å². The van der Waals surface area contributed by atoms with Gasteiger partial charge in [-0.1, -0.05) is 5.16 Å². The van der Waals surface area contributed by atoms with E-state index in [9.17, 15) is 4.79 Å². The molecule has 0 spiro atoms. The highest BCUT2D eigenvalue weighted by Gasteiger charge is 2.14. The van der Waals surface area contributed by atoms with Gasteiger partial charge in [-0.15, -0.1) is 0 Å². The smallest absolute Gasteiger partial charge is 0.227 e. The number of benzene rings is 2. The van der Waals surface area contributed by atoms with E-state index in [1.54, 1.807) is 32.4 Å². The number of aromatic nitrogens is 2. The molecule has 1 aliphatic heterocycles. The van der Waals surface area contributed by atoms with Crippen LogP contribution >= 0.6 is 0 Å². The van der Waals surface area contributed by atoms with Gasteiger partial charge in [-0.25, -0.2) is 0 Å². The van der Waals surface area contributed by atoms with E-state index in [2.05, 4.69) is 32.5 Å². The van der Waals surface area contributed by atoms with Gasteiger partial charge in [0.25, 0.3) is 0 Å². The molecule has 0 radical (unpaired) electrons. The molecule has 1 N–H and O–H groups in total. The highest BCUT2D eigenvalue weighted by molar-refractivity contribution is 5.91. The number of ether oxygens (including phenoxy) is 2. The summed E-state index contributed by atoms with van der Waals surface area (Å²) in [6.07, 6.45) is 4.37. The fourth-order valence-corrected chi connectivity index (χ4v) is 3.77. The molecule has 2 heterocycles. The third-order valence-electron chi connectivity index (χ3n) is 5.52. The largest absolute Gasteiger partial charge is 0.497 e. The first-order valence-electron chi connectivity index (χ1n) is 10.9. The fraction of sp³-hybridized carbons (Fsp3) is 0.375. The average molecular weight is 437 g/mol. The lowest BCUT2D eigenvalue weighted by Crippen LogP contribution is -2.29. The zero-order valence-electron chi connectivity index (χ0n) is 18.5. The van der Waals surface area contributed by atoms with Gasteiger partial charge in [0.2, 0.25) is 17.6 Å². The third-order valence-corrected chi connectivity index (χ3v) is 5.52. The quantitative estimate of drug-likeness (QED) is 0.563. The molecular formula is C24H28N4O4. The molecule has 1 saturated heterocycles. The topological polar surface area (TPSA) is 89.7 Å². The number of anilines is 2. The van der Waals surface area contributed by atoms with Crippen LogP contribution < -0.4 is 19.7 Å². The summed E-state index contributed by atoms with van der Waals surface area (Å²) in [4.78, 5) is 19.2. The van der Waals surface area contributed by atoms with Gasteiger partial charge in [0.1, 0.15) is 11.5 Å². The number of amides is 1. The highest BCUT2D eigenvalue weighted by atomic mass is 16.5. The van der Waals surface area contributed by atoms with E-state index >= 15 is 0 Å². The number of hydrogen-bond donors (Lipinski definition) is 1. The third kappa shape index (κ3) is 5.38. The first-order valence-corrected chi connectivity index (χ1v) is 10.9. The van der Waals surface area contributed by atoms with Crippen molar-refractivity contribution in [3.63, 3.8) is 0 Å². The lowest BCUT2D eigenvalue weighted by molar-refractivity contribution is -0.116. The lowest BCUT2D eigenvalue weighted by atomic mass is 10.1. The molecule has 3 aromatic rings. The van der Waals surface area contributed by atoms with Crippen molar-refractivity contribution in [1.82, 2.24) is 10.1 Å². The predicted molar refractivity (Wildman–Crippen MR) is 122 cm³/mol. The fourth-order valence-electron chi connectivity index (χ4n) is 3.77. The maximum Gasteiger partial charge on any atom is 0.227 e. The van der Waals surface area contributed by atoms with E-state index in [1.807, 2.05) is 12.1 Å². The molecule has 1 aromatic heterocycles. The molecule has 1 aliphatic rings. The Bertz CT molecular complexity index is 1020. The van der Waals surface area contributed by atoms with Crippen molar-refractivity contribution in [3.05, 3.63) is 48.4 Å². The van der Waals surface area contributed by atoms with Crippen LogP contribution in [0.3, 0.4) is 0 Å². The van der Waals surface area contributed by atoms with E-state index in [4.69, 9.17) is 14.0 Å². The highest BCUT2D eigenvalue weighted by Crippen LogP contribution is 2.26. The van der Waals surface area contributed by atoms with Crippen LogP contribution in [0.1, 0.15) is 31.6 Å². The average Bonchev–Trinajstić information content (AvgIpc) is 3.32. The van der Waals surface area contributed by atoms with Gasteiger partial charge in [0.15, 0.2) is 0 Å². The summed E-state index contributed by atoms with van der Waals surface area (Å²) in [5, 5.41) is 6.92. The van der Waals surface area contributed by atoms with Gasteiger partial charge < -0.3 is 24.2 Å². The number of nitrogens with one attached hydrogen (secondary N) is 1. The van der Waals surface area contributed by atoms with Crippen LogP contribution in [-0.2, 0) is 11.2 Å². The van der Waals surface area contributed by atoms with Crippen LogP contribution in [0.4, 0.5) is 11.4 Å². The number of methoxy groups -OCH3 is 2. The molecule has 168 valence electrons. The summed E-state index contributed by atoms with van der Waals surface area (Å²) < 4.78 is 15.8. The van der Waals surface area contributed by atoms with Crippen molar-refractivity contribution in [3.8, 4) is 22.9 Å². The van der Waals surface area contributed by atoms with E-state index in [0.29, 0.717) is 35.3 Å². The number of nitrogens with zero attached hydrogens (tertiary/aromatic N) is 3. The minimum Gasteiger partial charge on any atom is -0.497 e. The summed E-state index contributed by atoms with van der Waals surface area (Å²) in [6.45, 7) is 2.21. The molecule has 0 aliphatic carbocycles. The van der Waals surface area contributed by atoms with Gasteiger partial charge in [0, 0.05) is 61.1 Å². The van der Waals surface area contributed by atoms with Crippen molar-refractivity contribution in [2.75, 3.05) is 37.5 Å². The molecule has 1 amide bonds. The van der Waals surface area contributed by atoms with Crippen LogP contribution in [0.15, 0.2) is 47.0 Å². The Labute approximate surface area is 187 Å². The van der Waals surface area contributed by atoms with Crippen LogP contribution in [-0.4, -0.2) is 43.4 Å². The maximum absolute atomic E-state index is 12.4. The predicted octanol–water partition coefficient (Wildman–Crippen LogP) is 4.32. The van der Waals surface area contributed by atoms with Crippen molar-refractivity contribution in [2.24, 2.45) is 0 Å². The van der Waals surface area contributed by atoms with E-state index in [0.717, 1.165) is 18.7 Å². The van der Waals surface area contributed by atoms with E-state index in [1.165, 1.54) is 24.9 Å². The molecule has 32 heavy (non-hydrogen) atoms. The normalized spacial score (nSPS) is 13.6. The summed E-state index contributed by atoms with van der Waals surface area (Å²) in [6, 6.07) is 13.5. The second kappa shape index (κ2) is 10.2. The molecule has 0 bridgehead atoms. The number of rotatable bonds is 8.